The van der Waals surface area contributed by atoms with Gasteiger partial charge in [0.1, 0.15) is 0 Å². The van der Waals surface area contributed by atoms with Gasteiger partial charge in [-0.15, -0.1) is 5.10 Å². The van der Waals surface area contributed by atoms with E-state index in [-0.39, 0.29) is 23.3 Å². The van der Waals surface area contributed by atoms with Crippen LogP contribution in [0, 0.1) is 0 Å². The Morgan fingerprint density at radius 2 is 1.91 bits per heavy atom. The lowest BCUT2D eigenvalue weighted by molar-refractivity contribution is -0.129. The number of carbonyl (C=O) groups is 2. The minimum Gasteiger partial charge on any atom is -0.450 e. The first kappa shape index (κ1) is 23.9. The Labute approximate surface area is 199 Å². The third kappa shape index (κ3) is 5.48. The molecule has 0 atom stereocenters. The number of hydrogen-bond acceptors (Lipinski definition) is 10. The number of nitrogens with zero attached hydrogens (tertiary/aromatic N) is 6. The predicted octanol–water partition coefficient (Wildman–Crippen LogP) is 0.548. The number of carbonyl (C=O) groups excluding carboxylic acids is 2. The topological polar surface area (TPSA) is 110 Å². The molecule has 180 valence electrons. The molecule has 33 heavy (non-hydrogen) atoms. The number of piperazine rings is 1. The van der Waals surface area contributed by atoms with Crippen molar-refractivity contribution in [3.05, 3.63) is 21.6 Å². The highest BCUT2D eigenvalue weighted by molar-refractivity contribution is 8.01. The van der Waals surface area contributed by atoms with Gasteiger partial charge in [0.2, 0.25) is 10.9 Å². The largest absolute Gasteiger partial charge is 0.450 e. The van der Waals surface area contributed by atoms with E-state index >= 15 is 0 Å². The van der Waals surface area contributed by atoms with E-state index in [1.54, 1.807) is 23.8 Å². The minimum absolute atomic E-state index is 0.0175. The number of thioether (sulfide) groups is 1. The quantitative estimate of drug-likeness (QED) is 0.508. The molecule has 2 aromatic heterocycles. The second-order valence-electron chi connectivity index (χ2n) is 7.78. The highest BCUT2D eigenvalue weighted by Gasteiger charge is 2.26. The van der Waals surface area contributed by atoms with Crippen molar-refractivity contribution in [2.75, 3.05) is 65.3 Å². The van der Waals surface area contributed by atoms with Crippen LogP contribution in [-0.2, 0) is 27.2 Å². The molecule has 1 fully saturated rings. The summed E-state index contributed by atoms with van der Waals surface area (Å²) in [4.78, 5) is 48.2. The Bertz CT molecular complexity index is 1070. The fourth-order valence-electron chi connectivity index (χ4n) is 3.87. The van der Waals surface area contributed by atoms with Gasteiger partial charge in [-0.2, -0.15) is 4.52 Å². The molecule has 4 rings (SSSR count). The van der Waals surface area contributed by atoms with Crippen molar-refractivity contribution in [2.24, 2.45) is 0 Å². The van der Waals surface area contributed by atoms with Crippen LogP contribution in [0.1, 0.15) is 18.2 Å². The maximum atomic E-state index is 13.0. The van der Waals surface area contributed by atoms with Gasteiger partial charge >= 0.3 is 6.09 Å². The van der Waals surface area contributed by atoms with Crippen LogP contribution < -0.4 is 5.56 Å². The van der Waals surface area contributed by atoms with Gasteiger partial charge in [-0.3, -0.25) is 14.5 Å². The fraction of sp³-hybridized carbons (Fsp3) is 0.650. The van der Waals surface area contributed by atoms with Gasteiger partial charge in [-0.25, -0.2) is 9.78 Å². The van der Waals surface area contributed by atoms with Crippen LogP contribution >= 0.6 is 23.1 Å². The molecule has 2 amide bonds. The molecular formula is C20H28N6O5S2. The summed E-state index contributed by atoms with van der Waals surface area (Å²) in [6, 6.07) is 0. The highest BCUT2D eigenvalue weighted by Crippen LogP contribution is 2.25. The molecule has 0 bridgehead atoms. The third-order valence-electron chi connectivity index (χ3n) is 5.71. The second-order valence-corrected chi connectivity index (χ2v) is 9.96. The van der Waals surface area contributed by atoms with Gasteiger partial charge in [0.25, 0.3) is 5.56 Å². The first-order chi connectivity index (χ1) is 16.0. The summed E-state index contributed by atoms with van der Waals surface area (Å²) < 4.78 is 12.1. The van der Waals surface area contributed by atoms with Crippen molar-refractivity contribution in [3.63, 3.8) is 0 Å². The van der Waals surface area contributed by atoms with Crippen LogP contribution in [0.3, 0.4) is 0 Å². The standard InChI is InChI=1S/C20H28N6O5S2/c1-3-31-20(29)25-8-6-24(7-9-25)16(27)13-32-19-22-26-17(28)14-12-23(10-11-30-2)5-4-15(14)21-18(26)33-19/h3-13H2,1-2H3. The maximum Gasteiger partial charge on any atom is 0.409 e. The van der Waals surface area contributed by atoms with Crippen molar-refractivity contribution in [1.82, 2.24) is 29.3 Å². The number of methoxy groups -OCH3 is 1. The van der Waals surface area contributed by atoms with Gasteiger partial charge < -0.3 is 19.3 Å². The van der Waals surface area contributed by atoms with Gasteiger partial charge in [-0.1, -0.05) is 23.1 Å². The highest BCUT2D eigenvalue weighted by atomic mass is 32.2. The molecule has 2 aliphatic rings. The number of fused-ring (bicyclic) bond motifs is 2. The number of aromatic nitrogens is 3. The van der Waals surface area contributed by atoms with Gasteiger partial charge in [-0.05, 0) is 6.92 Å². The molecular weight excluding hydrogens is 468 g/mol. The summed E-state index contributed by atoms with van der Waals surface area (Å²) in [6.07, 6.45) is 0.387. The number of rotatable bonds is 7. The third-order valence-corrected chi connectivity index (χ3v) is 7.73. The van der Waals surface area contributed by atoms with Crippen LogP contribution in [0.4, 0.5) is 4.79 Å². The van der Waals surface area contributed by atoms with Crippen molar-refractivity contribution in [1.29, 1.82) is 0 Å². The normalized spacial score (nSPS) is 16.8. The number of amides is 2. The second kappa shape index (κ2) is 10.8. The molecule has 0 N–H and O–H groups in total. The summed E-state index contributed by atoms with van der Waals surface area (Å²) in [7, 11) is 1.67. The zero-order valence-corrected chi connectivity index (χ0v) is 20.5. The average molecular weight is 497 g/mol. The van der Waals surface area contributed by atoms with Crippen LogP contribution in [0.25, 0.3) is 4.96 Å². The average Bonchev–Trinajstić information content (AvgIpc) is 3.25. The van der Waals surface area contributed by atoms with Crippen LogP contribution in [0.2, 0.25) is 0 Å². The smallest absolute Gasteiger partial charge is 0.409 e. The van der Waals surface area contributed by atoms with E-state index in [2.05, 4.69) is 15.0 Å². The van der Waals surface area contributed by atoms with Crippen molar-refractivity contribution in [2.45, 2.75) is 24.2 Å². The monoisotopic (exact) mass is 496 g/mol. The first-order valence-corrected chi connectivity index (χ1v) is 12.8. The molecule has 0 unspecified atom stereocenters. The van der Waals surface area contributed by atoms with E-state index in [0.717, 1.165) is 25.2 Å². The van der Waals surface area contributed by atoms with Crippen LogP contribution in [0.15, 0.2) is 9.13 Å². The Morgan fingerprint density at radius 1 is 1.15 bits per heavy atom. The van der Waals surface area contributed by atoms with E-state index in [4.69, 9.17) is 9.47 Å². The molecule has 13 heteroatoms. The molecule has 1 saturated heterocycles. The van der Waals surface area contributed by atoms with E-state index in [9.17, 15) is 14.4 Å². The van der Waals surface area contributed by atoms with Crippen molar-refractivity contribution < 1.29 is 19.1 Å². The molecule has 0 aromatic carbocycles. The molecule has 2 aliphatic heterocycles. The van der Waals surface area contributed by atoms with Crippen molar-refractivity contribution in [3.8, 4) is 0 Å². The van der Waals surface area contributed by atoms with Gasteiger partial charge in [0, 0.05) is 59.3 Å². The number of hydrogen-bond donors (Lipinski definition) is 0. The summed E-state index contributed by atoms with van der Waals surface area (Å²) in [5.74, 6) is 0.203. The van der Waals surface area contributed by atoms with Gasteiger partial charge in [0.15, 0.2) is 4.34 Å². The summed E-state index contributed by atoms with van der Waals surface area (Å²) >= 11 is 2.64. The fourth-order valence-corrected chi connectivity index (χ4v) is 5.72. The molecule has 2 aromatic rings. The molecule has 0 saturated carbocycles. The van der Waals surface area contributed by atoms with E-state index in [0.29, 0.717) is 60.8 Å². The summed E-state index contributed by atoms with van der Waals surface area (Å²) in [6.45, 7) is 6.77. The molecule has 0 spiro atoms. The summed E-state index contributed by atoms with van der Waals surface area (Å²) in [5, 5.41) is 4.42. The lowest BCUT2D eigenvalue weighted by Crippen LogP contribution is -2.51. The lowest BCUT2D eigenvalue weighted by atomic mass is 10.1. The SMILES string of the molecule is CCOC(=O)N1CCN(C(=O)CSc2nn3c(=O)c4c(nc3s2)CCN(CCOC)C4)CC1. The zero-order valence-electron chi connectivity index (χ0n) is 18.8. The molecule has 0 radical (unpaired) electrons. The van der Waals surface area contributed by atoms with E-state index in [1.165, 1.54) is 27.6 Å². The van der Waals surface area contributed by atoms with Crippen LogP contribution in [-0.4, -0.2) is 107 Å². The predicted molar refractivity (Wildman–Crippen MR) is 124 cm³/mol. The Kier molecular flexibility index (Phi) is 7.83. The van der Waals surface area contributed by atoms with E-state index in [1.807, 2.05) is 0 Å². The van der Waals surface area contributed by atoms with Crippen LogP contribution in [0.5, 0.6) is 0 Å². The number of ether oxygens (including phenoxy) is 2. The van der Waals surface area contributed by atoms with Crippen molar-refractivity contribution >= 4 is 40.1 Å². The van der Waals surface area contributed by atoms with Gasteiger partial charge in [0.05, 0.1) is 30.2 Å². The molecule has 4 heterocycles. The maximum absolute atomic E-state index is 13.0. The minimum atomic E-state index is -0.337. The Balaban J connectivity index is 1.36. The first-order valence-electron chi connectivity index (χ1n) is 10.9. The zero-order chi connectivity index (χ0) is 23.4. The Hall–Kier alpha value is -2.22. The lowest BCUT2D eigenvalue weighted by Gasteiger charge is -2.33. The molecule has 0 aliphatic carbocycles. The van der Waals surface area contributed by atoms with E-state index < -0.39 is 0 Å². The summed E-state index contributed by atoms with van der Waals surface area (Å²) in [5.41, 5.74) is 1.39. The molecule has 11 nitrogen and oxygen atoms in total. The Morgan fingerprint density at radius 3 is 2.64 bits per heavy atom.